The second kappa shape index (κ2) is 13.0. The van der Waals surface area contributed by atoms with Gasteiger partial charge in [-0.25, -0.2) is 9.37 Å². The van der Waals surface area contributed by atoms with Crippen molar-refractivity contribution in [3.8, 4) is 11.6 Å². The van der Waals surface area contributed by atoms with E-state index in [0.29, 0.717) is 22.7 Å². The average Bonchev–Trinajstić information content (AvgIpc) is 3.44. The van der Waals surface area contributed by atoms with Crippen LogP contribution in [0.1, 0.15) is 56.2 Å². The summed E-state index contributed by atoms with van der Waals surface area (Å²) >= 11 is 0. The zero-order chi connectivity index (χ0) is 29.7. The highest BCUT2D eigenvalue weighted by molar-refractivity contribution is 5.96. The predicted octanol–water partition coefficient (Wildman–Crippen LogP) is 6.37. The zero-order valence-corrected chi connectivity index (χ0v) is 23.6. The molecule has 1 aromatic carbocycles. The highest BCUT2D eigenvalue weighted by atomic mass is 19.4. The SMILES string of the molecule is COC[C@H](C)N(C(=O)C1CCC(C)CC1)c1cc(F)c(Oc2ncc(CCn3nccn3)cc2C(F)(F)F)cc1C. The summed E-state index contributed by atoms with van der Waals surface area (Å²) in [5.41, 5.74) is -0.0256. The number of hydrogen-bond donors (Lipinski definition) is 0. The zero-order valence-electron chi connectivity index (χ0n) is 23.6. The largest absolute Gasteiger partial charge is 0.435 e. The van der Waals surface area contributed by atoms with Gasteiger partial charge in [0.25, 0.3) is 0 Å². The summed E-state index contributed by atoms with van der Waals surface area (Å²) in [6.45, 7) is 6.14. The summed E-state index contributed by atoms with van der Waals surface area (Å²) in [5.74, 6) is -1.84. The van der Waals surface area contributed by atoms with Gasteiger partial charge in [0.15, 0.2) is 11.6 Å². The van der Waals surface area contributed by atoms with E-state index in [9.17, 15) is 18.0 Å². The molecule has 0 radical (unpaired) electrons. The molecule has 8 nitrogen and oxygen atoms in total. The van der Waals surface area contributed by atoms with Crippen molar-refractivity contribution >= 4 is 11.6 Å². The lowest BCUT2D eigenvalue weighted by Gasteiger charge is -2.35. The first kappa shape index (κ1) is 30.4. The molecule has 0 saturated heterocycles. The van der Waals surface area contributed by atoms with Gasteiger partial charge >= 0.3 is 6.18 Å². The summed E-state index contributed by atoms with van der Waals surface area (Å²) in [7, 11) is 1.52. The first-order valence-electron chi connectivity index (χ1n) is 13.7. The molecular formula is C29H35F4N5O3. The summed E-state index contributed by atoms with van der Waals surface area (Å²) < 4.78 is 68.0. The van der Waals surface area contributed by atoms with E-state index in [-0.39, 0.29) is 37.4 Å². The lowest BCUT2D eigenvalue weighted by atomic mass is 9.82. The number of halogens is 4. The first-order valence-corrected chi connectivity index (χ1v) is 13.7. The van der Waals surface area contributed by atoms with Crippen LogP contribution in [0.4, 0.5) is 23.2 Å². The van der Waals surface area contributed by atoms with Crippen molar-refractivity contribution in [2.24, 2.45) is 11.8 Å². The fourth-order valence-corrected chi connectivity index (χ4v) is 5.18. The third kappa shape index (κ3) is 7.41. The Morgan fingerprint density at radius 2 is 1.83 bits per heavy atom. The van der Waals surface area contributed by atoms with Gasteiger partial charge in [-0.05, 0) is 75.1 Å². The van der Waals surface area contributed by atoms with Crippen LogP contribution in [-0.4, -0.2) is 45.6 Å². The maximum absolute atomic E-state index is 15.4. The second-order valence-corrected chi connectivity index (χ2v) is 10.7. The van der Waals surface area contributed by atoms with E-state index in [1.807, 2.05) is 6.92 Å². The van der Waals surface area contributed by atoms with Crippen LogP contribution in [0.25, 0.3) is 0 Å². The third-order valence-electron chi connectivity index (χ3n) is 7.45. The highest BCUT2D eigenvalue weighted by Crippen LogP contribution is 2.40. The molecule has 2 heterocycles. The van der Waals surface area contributed by atoms with E-state index in [1.165, 1.54) is 36.6 Å². The van der Waals surface area contributed by atoms with Crippen LogP contribution >= 0.6 is 0 Å². The van der Waals surface area contributed by atoms with E-state index in [1.54, 1.807) is 11.8 Å². The monoisotopic (exact) mass is 577 g/mol. The minimum Gasteiger partial charge on any atom is -0.435 e. The fraction of sp³-hybridized carbons (Fsp3) is 0.517. The Kier molecular flexibility index (Phi) is 9.62. The van der Waals surface area contributed by atoms with Crippen LogP contribution in [0.2, 0.25) is 0 Å². The van der Waals surface area contributed by atoms with Crippen molar-refractivity contribution in [3.63, 3.8) is 0 Å². The number of amides is 1. The van der Waals surface area contributed by atoms with Gasteiger partial charge in [-0.2, -0.15) is 28.2 Å². The molecule has 1 aliphatic rings. The Morgan fingerprint density at radius 1 is 1.15 bits per heavy atom. The van der Waals surface area contributed by atoms with Gasteiger partial charge in [-0.1, -0.05) is 6.92 Å². The maximum Gasteiger partial charge on any atom is 0.421 e. The summed E-state index contributed by atoms with van der Waals surface area (Å²) in [5, 5.41) is 7.88. The number of nitrogens with zero attached hydrogens (tertiary/aromatic N) is 5. The van der Waals surface area contributed by atoms with E-state index >= 15 is 4.39 Å². The quantitative estimate of drug-likeness (QED) is 0.261. The fourth-order valence-electron chi connectivity index (χ4n) is 5.18. The number of benzene rings is 1. The third-order valence-corrected chi connectivity index (χ3v) is 7.45. The number of aromatic nitrogens is 4. The number of carbonyl (C=O) groups excluding carboxylic acids is 1. The smallest absolute Gasteiger partial charge is 0.421 e. The van der Waals surface area contributed by atoms with Crippen LogP contribution in [0.15, 0.2) is 36.8 Å². The Bertz CT molecular complexity index is 1320. The number of carbonyl (C=O) groups is 1. The van der Waals surface area contributed by atoms with E-state index < -0.39 is 29.2 Å². The molecule has 0 N–H and O–H groups in total. The van der Waals surface area contributed by atoms with Crippen molar-refractivity contribution in [2.45, 2.75) is 71.6 Å². The van der Waals surface area contributed by atoms with Gasteiger partial charge in [0.05, 0.1) is 37.3 Å². The lowest BCUT2D eigenvalue weighted by Crippen LogP contribution is -2.45. The van der Waals surface area contributed by atoms with Gasteiger partial charge in [0.2, 0.25) is 11.8 Å². The Hall–Kier alpha value is -3.54. The number of ether oxygens (including phenoxy) is 2. The molecule has 4 rings (SSSR count). The van der Waals surface area contributed by atoms with Gasteiger partial charge in [-0.15, -0.1) is 0 Å². The van der Waals surface area contributed by atoms with Gasteiger partial charge < -0.3 is 14.4 Å². The predicted molar refractivity (Wildman–Crippen MR) is 144 cm³/mol. The van der Waals surface area contributed by atoms with E-state index in [0.717, 1.165) is 37.8 Å². The van der Waals surface area contributed by atoms with Crippen LogP contribution in [-0.2, 0) is 28.7 Å². The van der Waals surface area contributed by atoms with Crippen LogP contribution in [0.5, 0.6) is 11.6 Å². The lowest BCUT2D eigenvalue weighted by molar-refractivity contribution is -0.139. The normalized spacial score (nSPS) is 18.2. The van der Waals surface area contributed by atoms with Gasteiger partial charge in [-0.3, -0.25) is 4.79 Å². The second-order valence-electron chi connectivity index (χ2n) is 10.7. The number of methoxy groups -OCH3 is 1. The Morgan fingerprint density at radius 3 is 2.46 bits per heavy atom. The summed E-state index contributed by atoms with van der Waals surface area (Å²) in [4.78, 5) is 20.4. The van der Waals surface area contributed by atoms with Crippen molar-refractivity contribution in [2.75, 3.05) is 18.6 Å². The summed E-state index contributed by atoms with van der Waals surface area (Å²) in [6, 6.07) is 2.98. The molecule has 1 amide bonds. The molecule has 1 saturated carbocycles. The van der Waals surface area contributed by atoms with Crippen LogP contribution in [0.3, 0.4) is 0 Å². The van der Waals surface area contributed by atoms with Crippen molar-refractivity contribution < 1.29 is 31.8 Å². The molecule has 41 heavy (non-hydrogen) atoms. The topological polar surface area (TPSA) is 82.4 Å². The number of hydrogen-bond acceptors (Lipinski definition) is 6. The Balaban J connectivity index is 1.61. The minimum absolute atomic E-state index is 0.112. The van der Waals surface area contributed by atoms with Gasteiger partial charge in [0, 0.05) is 25.3 Å². The van der Waals surface area contributed by atoms with Crippen LogP contribution < -0.4 is 9.64 Å². The van der Waals surface area contributed by atoms with Crippen molar-refractivity contribution in [1.82, 2.24) is 20.0 Å². The summed E-state index contributed by atoms with van der Waals surface area (Å²) in [6.07, 6.45) is 3.00. The molecule has 0 bridgehead atoms. The number of alkyl halides is 3. The molecule has 1 atom stereocenters. The minimum atomic E-state index is -4.79. The number of anilines is 1. The van der Waals surface area contributed by atoms with Crippen molar-refractivity contribution in [3.05, 3.63) is 59.3 Å². The molecule has 0 aliphatic heterocycles. The van der Waals surface area contributed by atoms with E-state index in [4.69, 9.17) is 9.47 Å². The standard InChI is InChI=1S/C29H35F4N5O3/c1-18-5-7-22(8-6-18)28(39)38(20(3)17-40-4)25-15-24(30)26(13-19(25)2)41-27-23(29(31,32)33)14-21(16-34-27)9-12-37-35-10-11-36-37/h10-11,13-16,18,20,22H,5-9,12,17H2,1-4H3/t18?,20-,22?/m0/s1. The molecule has 222 valence electrons. The molecule has 2 aromatic heterocycles. The molecule has 0 unspecified atom stereocenters. The molecule has 0 spiro atoms. The molecular weight excluding hydrogens is 542 g/mol. The average molecular weight is 578 g/mol. The molecule has 1 fully saturated rings. The highest BCUT2D eigenvalue weighted by Gasteiger charge is 2.37. The number of pyridine rings is 1. The van der Waals surface area contributed by atoms with Gasteiger partial charge in [0.1, 0.15) is 5.56 Å². The maximum atomic E-state index is 15.4. The Labute approximate surface area is 236 Å². The first-order chi connectivity index (χ1) is 19.5. The molecule has 1 aliphatic carbocycles. The van der Waals surface area contributed by atoms with Crippen LogP contribution in [0, 0.1) is 24.6 Å². The van der Waals surface area contributed by atoms with E-state index in [2.05, 4.69) is 22.1 Å². The molecule has 3 aromatic rings. The number of aryl methyl sites for hydroxylation is 3. The number of rotatable bonds is 10. The van der Waals surface area contributed by atoms with Crippen molar-refractivity contribution in [1.29, 1.82) is 0 Å². The molecule has 12 heteroatoms.